The quantitative estimate of drug-likeness (QED) is 0.796. The molecule has 0 aliphatic carbocycles. The highest BCUT2D eigenvalue weighted by Gasteiger charge is 2.20. The lowest BCUT2D eigenvalue weighted by Gasteiger charge is -2.22. The maximum absolute atomic E-state index is 12.0. The summed E-state index contributed by atoms with van der Waals surface area (Å²) in [5, 5.41) is 2.76. The smallest absolute Gasteiger partial charge is 0.240 e. The van der Waals surface area contributed by atoms with Crippen LogP contribution in [0.4, 0.5) is 5.69 Å². The van der Waals surface area contributed by atoms with Crippen molar-refractivity contribution in [3.05, 3.63) is 29.8 Å². The molecule has 0 radical (unpaired) electrons. The zero-order chi connectivity index (χ0) is 16.8. The number of amides is 1. The highest BCUT2D eigenvalue weighted by atomic mass is 32.2. The molecule has 0 saturated carbocycles. The van der Waals surface area contributed by atoms with Gasteiger partial charge in [-0.25, -0.2) is 8.42 Å². The summed E-state index contributed by atoms with van der Waals surface area (Å²) < 4.78 is 25.0. The molecule has 1 rings (SSSR count). The van der Waals surface area contributed by atoms with Crippen molar-refractivity contribution in [3.8, 4) is 0 Å². The highest BCUT2D eigenvalue weighted by molar-refractivity contribution is 7.92. The molecule has 124 valence electrons. The molecule has 5 nitrogen and oxygen atoms in total. The Morgan fingerprint density at radius 3 is 2.27 bits per heavy atom. The van der Waals surface area contributed by atoms with E-state index in [4.69, 9.17) is 0 Å². The van der Waals surface area contributed by atoms with Crippen LogP contribution in [-0.2, 0) is 21.2 Å². The van der Waals surface area contributed by atoms with Crippen molar-refractivity contribution in [3.63, 3.8) is 0 Å². The zero-order valence-electron chi connectivity index (χ0n) is 13.8. The number of rotatable bonds is 8. The van der Waals surface area contributed by atoms with Crippen molar-refractivity contribution < 1.29 is 13.2 Å². The second-order valence-corrected chi connectivity index (χ2v) is 7.73. The summed E-state index contributed by atoms with van der Waals surface area (Å²) >= 11 is 0. The maximum atomic E-state index is 12.0. The van der Waals surface area contributed by atoms with E-state index in [1.54, 1.807) is 12.1 Å². The predicted octanol–water partition coefficient (Wildman–Crippen LogP) is 2.18. The Labute approximate surface area is 133 Å². The molecule has 0 saturated heterocycles. The number of anilines is 1. The van der Waals surface area contributed by atoms with Crippen molar-refractivity contribution in [1.82, 2.24) is 5.32 Å². The molecular weight excluding hydrogens is 300 g/mol. The number of nitrogens with zero attached hydrogens (tertiary/aromatic N) is 1. The van der Waals surface area contributed by atoms with Crippen molar-refractivity contribution >= 4 is 21.6 Å². The van der Waals surface area contributed by atoms with Crippen LogP contribution in [0.5, 0.6) is 0 Å². The SMILES string of the molecule is CCc1ccc(N(CC(=O)NCCC(C)C)S(C)(=O)=O)cc1. The lowest BCUT2D eigenvalue weighted by Crippen LogP contribution is -2.40. The molecule has 1 aromatic rings. The zero-order valence-corrected chi connectivity index (χ0v) is 14.6. The number of carbonyl (C=O) groups excluding carboxylic acids is 1. The van der Waals surface area contributed by atoms with Crippen molar-refractivity contribution in [2.24, 2.45) is 5.92 Å². The van der Waals surface area contributed by atoms with E-state index in [1.807, 2.05) is 19.1 Å². The predicted molar refractivity (Wildman–Crippen MR) is 90.5 cm³/mol. The van der Waals surface area contributed by atoms with Crippen molar-refractivity contribution in [2.75, 3.05) is 23.7 Å². The third-order valence-corrected chi connectivity index (χ3v) is 4.50. The minimum atomic E-state index is -3.50. The molecule has 0 aliphatic heterocycles. The molecule has 0 heterocycles. The van der Waals surface area contributed by atoms with Crippen LogP contribution in [-0.4, -0.2) is 33.7 Å². The largest absolute Gasteiger partial charge is 0.355 e. The van der Waals surface area contributed by atoms with Gasteiger partial charge < -0.3 is 5.32 Å². The van der Waals surface area contributed by atoms with Gasteiger partial charge in [-0.15, -0.1) is 0 Å². The Kier molecular flexibility index (Phi) is 6.87. The van der Waals surface area contributed by atoms with E-state index in [1.165, 1.54) is 0 Å². The molecule has 0 fully saturated rings. The molecule has 0 bridgehead atoms. The van der Waals surface area contributed by atoms with E-state index in [2.05, 4.69) is 19.2 Å². The summed E-state index contributed by atoms with van der Waals surface area (Å²) in [4.78, 5) is 12.0. The summed E-state index contributed by atoms with van der Waals surface area (Å²) in [7, 11) is -3.50. The first-order chi connectivity index (χ1) is 10.2. The Morgan fingerprint density at radius 1 is 1.23 bits per heavy atom. The average molecular weight is 326 g/mol. The van der Waals surface area contributed by atoms with Crippen LogP contribution in [0.3, 0.4) is 0 Å². The molecule has 6 heteroatoms. The summed E-state index contributed by atoms with van der Waals surface area (Å²) in [5.74, 6) is 0.207. The third kappa shape index (κ3) is 6.05. The van der Waals surface area contributed by atoms with Gasteiger partial charge in [0, 0.05) is 6.54 Å². The number of benzene rings is 1. The molecule has 22 heavy (non-hydrogen) atoms. The second-order valence-electron chi connectivity index (χ2n) is 5.82. The van der Waals surface area contributed by atoms with Crippen molar-refractivity contribution in [1.29, 1.82) is 0 Å². The molecule has 0 unspecified atom stereocenters. The second kappa shape index (κ2) is 8.17. The molecule has 0 aliphatic rings. The highest BCUT2D eigenvalue weighted by Crippen LogP contribution is 2.18. The number of hydrogen-bond acceptors (Lipinski definition) is 3. The van der Waals surface area contributed by atoms with Crippen LogP contribution in [0.2, 0.25) is 0 Å². The fourth-order valence-corrected chi connectivity index (χ4v) is 2.84. The summed E-state index contributed by atoms with van der Waals surface area (Å²) in [6.07, 6.45) is 2.87. The Hall–Kier alpha value is -1.56. The van der Waals surface area contributed by atoms with Crippen molar-refractivity contribution in [2.45, 2.75) is 33.6 Å². The Balaban J connectivity index is 2.79. The van der Waals surface area contributed by atoms with Gasteiger partial charge >= 0.3 is 0 Å². The van der Waals surface area contributed by atoms with Crippen LogP contribution < -0.4 is 9.62 Å². The minimum Gasteiger partial charge on any atom is -0.355 e. The van der Waals surface area contributed by atoms with Crippen LogP contribution in [0, 0.1) is 5.92 Å². The van der Waals surface area contributed by atoms with Gasteiger partial charge in [0.15, 0.2) is 0 Å². The Bertz CT molecular complexity index is 580. The van der Waals surface area contributed by atoms with E-state index in [0.717, 1.165) is 29.0 Å². The van der Waals surface area contributed by atoms with E-state index in [9.17, 15) is 13.2 Å². The molecule has 0 aromatic heterocycles. The Morgan fingerprint density at radius 2 is 1.82 bits per heavy atom. The van der Waals surface area contributed by atoms with Gasteiger partial charge in [0.1, 0.15) is 6.54 Å². The van der Waals surface area contributed by atoms with Gasteiger partial charge in [0.05, 0.1) is 11.9 Å². The number of carbonyl (C=O) groups is 1. The van der Waals surface area contributed by atoms with Crippen LogP contribution in [0.25, 0.3) is 0 Å². The topological polar surface area (TPSA) is 66.5 Å². The first-order valence-corrected chi connectivity index (χ1v) is 9.42. The molecule has 0 atom stereocenters. The fraction of sp³-hybridized carbons (Fsp3) is 0.562. The minimum absolute atomic E-state index is 0.192. The maximum Gasteiger partial charge on any atom is 0.240 e. The molecule has 0 spiro atoms. The monoisotopic (exact) mass is 326 g/mol. The van der Waals surface area contributed by atoms with Gasteiger partial charge in [-0.2, -0.15) is 0 Å². The normalized spacial score (nSPS) is 11.5. The van der Waals surface area contributed by atoms with E-state index in [-0.39, 0.29) is 12.5 Å². The molecular formula is C16H26N2O3S. The molecule has 1 aromatic carbocycles. The van der Waals surface area contributed by atoms with E-state index < -0.39 is 10.0 Å². The fourth-order valence-electron chi connectivity index (χ4n) is 1.98. The first kappa shape index (κ1) is 18.5. The lowest BCUT2D eigenvalue weighted by atomic mass is 10.1. The number of sulfonamides is 1. The van der Waals surface area contributed by atoms with Crippen LogP contribution >= 0.6 is 0 Å². The van der Waals surface area contributed by atoms with Crippen LogP contribution in [0.1, 0.15) is 32.8 Å². The average Bonchev–Trinajstić information content (AvgIpc) is 2.43. The van der Waals surface area contributed by atoms with Crippen LogP contribution in [0.15, 0.2) is 24.3 Å². The summed E-state index contributed by atoms with van der Waals surface area (Å²) in [6, 6.07) is 7.23. The standard InChI is InChI=1S/C16H26N2O3S/c1-5-14-6-8-15(9-7-14)18(22(4,20)21)12-16(19)17-11-10-13(2)3/h6-9,13H,5,10-12H2,1-4H3,(H,17,19). The van der Waals surface area contributed by atoms with Gasteiger partial charge in [-0.05, 0) is 36.5 Å². The first-order valence-electron chi connectivity index (χ1n) is 7.57. The van der Waals surface area contributed by atoms with Gasteiger partial charge in [-0.3, -0.25) is 9.10 Å². The van der Waals surface area contributed by atoms with Gasteiger partial charge in [0.25, 0.3) is 0 Å². The van der Waals surface area contributed by atoms with Gasteiger partial charge in [-0.1, -0.05) is 32.9 Å². The molecule has 1 N–H and O–H groups in total. The third-order valence-electron chi connectivity index (χ3n) is 3.36. The van der Waals surface area contributed by atoms with Gasteiger partial charge in [0.2, 0.25) is 15.9 Å². The molecule has 1 amide bonds. The number of nitrogens with one attached hydrogen (secondary N) is 1. The number of hydrogen-bond donors (Lipinski definition) is 1. The van der Waals surface area contributed by atoms with E-state index >= 15 is 0 Å². The summed E-state index contributed by atoms with van der Waals surface area (Å²) in [6.45, 7) is 6.55. The number of aryl methyl sites for hydroxylation is 1. The summed E-state index contributed by atoms with van der Waals surface area (Å²) in [5.41, 5.74) is 1.64. The van der Waals surface area contributed by atoms with E-state index in [0.29, 0.717) is 18.2 Å². The lowest BCUT2D eigenvalue weighted by molar-refractivity contribution is -0.119.